The second-order valence-electron chi connectivity index (χ2n) is 8.96. The molecule has 3 aromatic carbocycles. The van der Waals surface area contributed by atoms with E-state index in [2.05, 4.69) is 21.4 Å². The van der Waals surface area contributed by atoms with Crippen molar-refractivity contribution in [2.45, 2.75) is 31.8 Å². The van der Waals surface area contributed by atoms with Gasteiger partial charge in [-0.25, -0.2) is 13.1 Å². The van der Waals surface area contributed by atoms with Crippen molar-refractivity contribution >= 4 is 21.8 Å². The number of carbonyl (C=O) groups excluding carboxylic acids is 2. The molecule has 0 unspecified atom stereocenters. The lowest BCUT2D eigenvalue weighted by molar-refractivity contribution is -0.124. The highest BCUT2D eigenvalue weighted by molar-refractivity contribution is 7.88. The normalized spacial score (nSPS) is 12.5. The summed E-state index contributed by atoms with van der Waals surface area (Å²) in [6, 6.07) is 24.0. The second-order valence-corrected chi connectivity index (χ2v) is 10.7. The fraction of sp³-hybridized carbons (Fsp3) is 0.276. The molecule has 0 saturated heterocycles. The van der Waals surface area contributed by atoms with Crippen molar-refractivity contribution < 1.29 is 22.7 Å². The summed E-state index contributed by atoms with van der Waals surface area (Å²) in [7, 11) is -3.69. The first-order valence-electron chi connectivity index (χ1n) is 12.5. The molecule has 0 bridgehead atoms. The first-order chi connectivity index (χ1) is 18.7. The first-order valence-corrected chi connectivity index (χ1v) is 14.4. The number of nitrogens with one attached hydrogen (secondary N) is 3. The molecule has 3 aromatic rings. The van der Waals surface area contributed by atoms with E-state index in [4.69, 9.17) is 10.00 Å². The third kappa shape index (κ3) is 9.56. The number of sulfonamides is 1. The Kier molecular flexibility index (Phi) is 10.6. The zero-order valence-electron chi connectivity index (χ0n) is 21.9. The Morgan fingerprint density at radius 1 is 0.897 bits per heavy atom. The zero-order chi connectivity index (χ0) is 28.3. The summed E-state index contributed by atoms with van der Waals surface area (Å²) in [5.74, 6) is -0.880. The standard InChI is InChI=1S/C29H32N4O5S/c1-3-38-25-15-13-21(14-16-25)17-27(33-39(2,36)37)29(35)32-20-26(24-7-5-4-6-8-24)28(34)31-19-23-11-9-22(18-30)10-12-23/h4-16,26-27,33H,3,17,19-20H2,1-2H3,(H,31,34)(H,32,35)/t26-,27+/m0/s1. The van der Waals surface area contributed by atoms with Gasteiger partial charge in [0.25, 0.3) is 0 Å². The molecule has 0 aliphatic heterocycles. The van der Waals surface area contributed by atoms with Crippen LogP contribution in [-0.4, -0.2) is 45.7 Å². The molecule has 0 saturated carbocycles. The third-order valence-electron chi connectivity index (χ3n) is 5.90. The molecule has 0 fully saturated rings. The quantitative estimate of drug-likeness (QED) is 0.300. The van der Waals surface area contributed by atoms with E-state index in [1.165, 1.54) is 0 Å². The van der Waals surface area contributed by atoms with E-state index in [9.17, 15) is 18.0 Å². The molecule has 2 amide bonds. The lowest BCUT2D eigenvalue weighted by Gasteiger charge is -2.21. The molecule has 39 heavy (non-hydrogen) atoms. The summed E-state index contributed by atoms with van der Waals surface area (Å²) in [4.78, 5) is 26.4. The molecule has 9 nitrogen and oxygen atoms in total. The van der Waals surface area contributed by atoms with Gasteiger partial charge < -0.3 is 15.4 Å². The Labute approximate surface area is 229 Å². The summed E-state index contributed by atoms with van der Waals surface area (Å²) < 4.78 is 31.9. The summed E-state index contributed by atoms with van der Waals surface area (Å²) in [5.41, 5.74) is 2.80. The topological polar surface area (TPSA) is 137 Å². The monoisotopic (exact) mass is 548 g/mol. The highest BCUT2D eigenvalue weighted by atomic mass is 32.2. The van der Waals surface area contributed by atoms with Crippen molar-refractivity contribution in [2.75, 3.05) is 19.4 Å². The van der Waals surface area contributed by atoms with Crippen molar-refractivity contribution in [3.05, 3.63) is 101 Å². The Bertz CT molecular complexity index is 1390. The third-order valence-corrected chi connectivity index (χ3v) is 6.61. The van der Waals surface area contributed by atoms with E-state index >= 15 is 0 Å². The van der Waals surface area contributed by atoms with Gasteiger partial charge in [-0.2, -0.15) is 5.26 Å². The van der Waals surface area contributed by atoms with Crippen molar-refractivity contribution in [3.63, 3.8) is 0 Å². The molecule has 0 aliphatic rings. The van der Waals surface area contributed by atoms with Crippen LogP contribution in [0, 0.1) is 11.3 Å². The maximum absolute atomic E-state index is 13.2. The average Bonchev–Trinajstić information content (AvgIpc) is 2.93. The Hall–Kier alpha value is -4.20. The molecule has 0 spiro atoms. The SMILES string of the molecule is CCOc1ccc(C[C@@H](NS(C)(=O)=O)C(=O)NC[C@H](C(=O)NCc2ccc(C#N)cc2)c2ccccc2)cc1. The predicted molar refractivity (Wildman–Crippen MR) is 148 cm³/mol. The average molecular weight is 549 g/mol. The number of hydrogen-bond acceptors (Lipinski definition) is 6. The van der Waals surface area contributed by atoms with Crippen LogP contribution in [0.4, 0.5) is 0 Å². The molecular formula is C29H32N4O5S. The summed E-state index contributed by atoms with van der Waals surface area (Å²) >= 11 is 0. The van der Waals surface area contributed by atoms with Crippen LogP contribution in [0.1, 0.15) is 35.1 Å². The van der Waals surface area contributed by atoms with Crippen LogP contribution in [0.2, 0.25) is 0 Å². The van der Waals surface area contributed by atoms with E-state index < -0.39 is 27.9 Å². The molecule has 10 heteroatoms. The van der Waals surface area contributed by atoms with Gasteiger partial charge in [0.15, 0.2) is 0 Å². The van der Waals surface area contributed by atoms with Gasteiger partial charge in [-0.05, 0) is 54.3 Å². The van der Waals surface area contributed by atoms with Crippen LogP contribution in [0.25, 0.3) is 0 Å². The number of nitriles is 1. The van der Waals surface area contributed by atoms with Crippen molar-refractivity contribution in [2.24, 2.45) is 0 Å². The van der Waals surface area contributed by atoms with Crippen molar-refractivity contribution in [1.82, 2.24) is 15.4 Å². The van der Waals surface area contributed by atoms with Crippen LogP contribution in [0.5, 0.6) is 5.75 Å². The number of nitrogens with zero attached hydrogens (tertiary/aromatic N) is 1. The Morgan fingerprint density at radius 3 is 2.13 bits per heavy atom. The molecule has 0 heterocycles. The number of hydrogen-bond donors (Lipinski definition) is 3. The van der Waals surface area contributed by atoms with Crippen LogP contribution < -0.4 is 20.1 Å². The molecule has 204 valence electrons. The molecule has 0 aromatic heterocycles. The van der Waals surface area contributed by atoms with Crippen LogP contribution in [0.3, 0.4) is 0 Å². The second kappa shape index (κ2) is 14.1. The van der Waals surface area contributed by atoms with Gasteiger partial charge in [-0.3, -0.25) is 9.59 Å². The van der Waals surface area contributed by atoms with Gasteiger partial charge in [0, 0.05) is 13.1 Å². The Morgan fingerprint density at radius 2 is 1.54 bits per heavy atom. The van der Waals surface area contributed by atoms with Gasteiger partial charge in [-0.1, -0.05) is 54.6 Å². The lowest BCUT2D eigenvalue weighted by Crippen LogP contribution is -2.49. The minimum absolute atomic E-state index is 0.0345. The molecule has 0 radical (unpaired) electrons. The molecule has 0 aliphatic carbocycles. The van der Waals surface area contributed by atoms with Crippen LogP contribution in [-0.2, 0) is 32.6 Å². The molecular weight excluding hydrogens is 516 g/mol. The van der Waals surface area contributed by atoms with E-state index in [0.717, 1.165) is 17.4 Å². The molecule has 3 N–H and O–H groups in total. The van der Waals surface area contributed by atoms with Crippen molar-refractivity contribution in [1.29, 1.82) is 5.26 Å². The van der Waals surface area contributed by atoms with E-state index in [1.54, 1.807) is 72.8 Å². The Balaban J connectivity index is 1.71. The largest absolute Gasteiger partial charge is 0.494 e. The van der Waals surface area contributed by atoms with Crippen molar-refractivity contribution in [3.8, 4) is 11.8 Å². The lowest BCUT2D eigenvalue weighted by atomic mass is 9.97. The maximum atomic E-state index is 13.2. The minimum Gasteiger partial charge on any atom is -0.494 e. The maximum Gasteiger partial charge on any atom is 0.238 e. The summed E-state index contributed by atoms with van der Waals surface area (Å²) in [5, 5.41) is 14.6. The minimum atomic E-state index is -3.69. The first kappa shape index (κ1) is 29.4. The van der Waals surface area contributed by atoms with Gasteiger partial charge in [-0.15, -0.1) is 0 Å². The molecule has 3 rings (SSSR count). The van der Waals surface area contributed by atoms with Gasteiger partial charge in [0.2, 0.25) is 21.8 Å². The smallest absolute Gasteiger partial charge is 0.238 e. The number of rotatable bonds is 13. The zero-order valence-corrected chi connectivity index (χ0v) is 22.7. The fourth-order valence-electron chi connectivity index (χ4n) is 3.95. The number of ether oxygens (including phenoxy) is 1. The molecule has 2 atom stereocenters. The number of carbonyl (C=O) groups is 2. The van der Waals surface area contributed by atoms with Gasteiger partial charge in [0.05, 0.1) is 30.4 Å². The van der Waals surface area contributed by atoms with E-state index in [-0.39, 0.29) is 25.4 Å². The highest BCUT2D eigenvalue weighted by Crippen LogP contribution is 2.17. The fourth-order valence-corrected chi connectivity index (χ4v) is 4.66. The summed E-state index contributed by atoms with van der Waals surface area (Å²) in [6.45, 7) is 2.61. The summed E-state index contributed by atoms with van der Waals surface area (Å²) in [6.07, 6.45) is 1.11. The van der Waals surface area contributed by atoms with E-state index in [0.29, 0.717) is 23.5 Å². The predicted octanol–water partition coefficient (Wildman–Crippen LogP) is 2.63. The highest BCUT2D eigenvalue weighted by Gasteiger charge is 2.26. The van der Waals surface area contributed by atoms with Crippen LogP contribution >= 0.6 is 0 Å². The number of amides is 2. The number of benzene rings is 3. The van der Waals surface area contributed by atoms with Gasteiger partial charge in [0.1, 0.15) is 11.8 Å². The van der Waals surface area contributed by atoms with Crippen LogP contribution in [0.15, 0.2) is 78.9 Å². The van der Waals surface area contributed by atoms with E-state index in [1.807, 2.05) is 13.0 Å². The van der Waals surface area contributed by atoms with Gasteiger partial charge >= 0.3 is 0 Å².